The highest BCUT2D eigenvalue weighted by Gasteiger charge is 2.43. The van der Waals surface area contributed by atoms with Gasteiger partial charge in [-0.1, -0.05) is 13.8 Å². The average molecular weight is 177 g/mol. The van der Waals surface area contributed by atoms with E-state index in [1.165, 1.54) is 0 Å². The molecule has 0 aliphatic carbocycles. The van der Waals surface area contributed by atoms with Gasteiger partial charge in [0.2, 0.25) is 0 Å². The van der Waals surface area contributed by atoms with Gasteiger partial charge in [-0.3, -0.25) is 0 Å². The first-order valence-electron chi connectivity index (χ1n) is 4.31. The lowest BCUT2D eigenvalue weighted by atomic mass is 9.74. The van der Waals surface area contributed by atoms with Crippen molar-refractivity contribution >= 4 is 11.6 Å². The van der Waals surface area contributed by atoms with Crippen LogP contribution in [-0.2, 0) is 4.74 Å². The van der Waals surface area contributed by atoms with Crippen molar-refractivity contribution in [2.45, 2.75) is 33.3 Å². The molecule has 1 rings (SSSR count). The third kappa shape index (κ3) is 1.41. The predicted molar refractivity (Wildman–Crippen MR) is 48.0 cm³/mol. The van der Waals surface area contributed by atoms with Gasteiger partial charge in [-0.05, 0) is 19.3 Å². The Bertz CT molecular complexity index is 136. The SMILES string of the molecule is CC(C)C1(CCl)CCOC1C. The summed E-state index contributed by atoms with van der Waals surface area (Å²) in [5, 5.41) is 0. The molecule has 11 heavy (non-hydrogen) atoms. The number of halogens is 1. The van der Waals surface area contributed by atoms with Crippen molar-refractivity contribution in [2.24, 2.45) is 11.3 Å². The van der Waals surface area contributed by atoms with E-state index >= 15 is 0 Å². The van der Waals surface area contributed by atoms with E-state index in [9.17, 15) is 0 Å². The fourth-order valence-corrected chi connectivity index (χ4v) is 2.54. The highest BCUT2D eigenvalue weighted by molar-refractivity contribution is 6.18. The lowest BCUT2D eigenvalue weighted by Gasteiger charge is -2.34. The Morgan fingerprint density at radius 3 is 2.45 bits per heavy atom. The van der Waals surface area contributed by atoms with Crippen molar-refractivity contribution in [3.05, 3.63) is 0 Å². The van der Waals surface area contributed by atoms with Crippen molar-refractivity contribution in [2.75, 3.05) is 12.5 Å². The normalized spacial score (nSPS) is 38.5. The van der Waals surface area contributed by atoms with Crippen LogP contribution in [0.3, 0.4) is 0 Å². The molecule has 1 heterocycles. The zero-order valence-corrected chi connectivity index (χ0v) is 8.32. The van der Waals surface area contributed by atoms with E-state index in [0.29, 0.717) is 12.0 Å². The lowest BCUT2D eigenvalue weighted by molar-refractivity contribution is 0.0508. The predicted octanol–water partition coefficient (Wildman–Crippen LogP) is 2.68. The topological polar surface area (TPSA) is 9.23 Å². The van der Waals surface area contributed by atoms with Crippen molar-refractivity contribution in [1.82, 2.24) is 0 Å². The monoisotopic (exact) mass is 176 g/mol. The summed E-state index contributed by atoms with van der Waals surface area (Å²) < 4.78 is 5.54. The molecule has 0 amide bonds. The first-order chi connectivity index (χ1) is 5.13. The Kier molecular flexibility index (Phi) is 2.82. The molecule has 0 aromatic carbocycles. The quantitative estimate of drug-likeness (QED) is 0.588. The molecule has 0 radical (unpaired) electrons. The van der Waals surface area contributed by atoms with Crippen LogP contribution in [-0.4, -0.2) is 18.6 Å². The van der Waals surface area contributed by atoms with Crippen LogP contribution in [0, 0.1) is 11.3 Å². The van der Waals surface area contributed by atoms with Crippen molar-refractivity contribution < 1.29 is 4.74 Å². The number of hydrogen-bond donors (Lipinski definition) is 0. The summed E-state index contributed by atoms with van der Waals surface area (Å²) in [6.45, 7) is 7.47. The highest BCUT2D eigenvalue weighted by Crippen LogP contribution is 2.42. The van der Waals surface area contributed by atoms with Gasteiger partial charge < -0.3 is 4.74 Å². The minimum absolute atomic E-state index is 0.238. The summed E-state index contributed by atoms with van der Waals surface area (Å²) in [4.78, 5) is 0. The zero-order chi connectivity index (χ0) is 8.48. The fourth-order valence-electron chi connectivity index (χ4n) is 1.88. The number of alkyl halides is 1. The standard InChI is InChI=1S/C9H17ClO/c1-7(2)9(6-10)4-5-11-8(9)3/h7-8H,4-6H2,1-3H3. The molecule has 0 spiro atoms. The first-order valence-corrected chi connectivity index (χ1v) is 4.84. The van der Waals surface area contributed by atoms with Crippen LogP contribution in [0.5, 0.6) is 0 Å². The summed E-state index contributed by atoms with van der Waals surface area (Å²) in [5.74, 6) is 1.35. The zero-order valence-electron chi connectivity index (χ0n) is 7.56. The molecule has 0 saturated carbocycles. The second-order valence-corrected chi connectivity index (χ2v) is 4.05. The van der Waals surface area contributed by atoms with Gasteiger partial charge in [-0.15, -0.1) is 11.6 Å². The van der Waals surface area contributed by atoms with E-state index in [2.05, 4.69) is 20.8 Å². The van der Waals surface area contributed by atoms with Crippen LogP contribution in [0.1, 0.15) is 27.2 Å². The maximum absolute atomic E-state index is 5.97. The van der Waals surface area contributed by atoms with Crippen LogP contribution < -0.4 is 0 Å². The number of rotatable bonds is 2. The van der Waals surface area contributed by atoms with E-state index in [1.807, 2.05) is 0 Å². The average Bonchev–Trinajstić information content (AvgIpc) is 2.32. The van der Waals surface area contributed by atoms with Gasteiger partial charge in [-0.25, -0.2) is 0 Å². The number of hydrogen-bond acceptors (Lipinski definition) is 1. The molecule has 2 heteroatoms. The summed E-state index contributed by atoms with van der Waals surface area (Å²) >= 11 is 5.97. The van der Waals surface area contributed by atoms with Crippen LogP contribution in [0.25, 0.3) is 0 Å². The Labute approximate surface area is 74.1 Å². The van der Waals surface area contributed by atoms with Crippen molar-refractivity contribution in [3.63, 3.8) is 0 Å². The highest BCUT2D eigenvalue weighted by atomic mass is 35.5. The van der Waals surface area contributed by atoms with Gasteiger partial charge in [0.25, 0.3) is 0 Å². The van der Waals surface area contributed by atoms with Gasteiger partial charge in [0, 0.05) is 17.9 Å². The summed E-state index contributed by atoms with van der Waals surface area (Å²) in [7, 11) is 0. The van der Waals surface area contributed by atoms with Gasteiger partial charge in [-0.2, -0.15) is 0 Å². The maximum Gasteiger partial charge on any atom is 0.0617 e. The molecule has 1 saturated heterocycles. The van der Waals surface area contributed by atoms with Gasteiger partial charge in [0.05, 0.1) is 6.10 Å². The van der Waals surface area contributed by atoms with Gasteiger partial charge in [0.15, 0.2) is 0 Å². The molecule has 1 aliphatic rings. The first kappa shape index (κ1) is 9.34. The van der Waals surface area contributed by atoms with E-state index < -0.39 is 0 Å². The number of ether oxygens (including phenoxy) is 1. The minimum Gasteiger partial charge on any atom is -0.378 e. The minimum atomic E-state index is 0.238. The van der Waals surface area contributed by atoms with E-state index in [1.54, 1.807) is 0 Å². The molecule has 2 unspecified atom stereocenters. The van der Waals surface area contributed by atoms with Gasteiger partial charge in [0.1, 0.15) is 0 Å². The van der Waals surface area contributed by atoms with Crippen molar-refractivity contribution in [3.8, 4) is 0 Å². The summed E-state index contributed by atoms with van der Waals surface area (Å²) in [6.07, 6.45) is 1.45. The fraction of sp³-hybridized carbons (Fsp3) is 1.00. The largest absolute Gasteiger partial charge is 0.378 e. The second kappa shape index (κ2) is 3.32. The molecule has 0 bridgehead atoms. The Hall–Kier alpha value is 0.250. The van der Waals surface area contributed by atoms with Gasteiger partial charge >= 0.3 is 0 Å². The Balaban J connectivity index is 2.73. The van der Waals surface area contributed by atoms with Crippen LogP contribution in [0.4, 0.5) is 0 Å². The summed E-state index contributed by atoms with van der Waals surface area (Å²) in [6, 6.07) is 0. The molecular weight excluding hydrogens is 160 g/mol. The van der Waals surface area contributed by atoms with Crippen LogP contribution in [0.2, 0.25) is 0 Å². The second-order valence-electron chi connectivity index (χ2n) is 3.78. The van der Waals surface area contributed by atoms with E-state index in [-0.39, 0.29) is 5.41 Å². The Morgan fingerprint density at radius 1 is 1.64 bits per heavy atom. The molecule has 1 nitrogen and oxygen atoms in total. The van der Waals surface area contributed by atoms with E-state index in [4.69, 9.17) is 16.3 Å². The van der Waals surface area contributed by atoms with Crippen LogP contribution in [0.15, 0.2) is 0 Å². The van der Waals surface area contributed by atoms with Crippen LogP contribution >= 0.6 is 11.6 Å². The molecule has 1 fully saturated rings. The molecule has 0 aromatic rings. The Morgan fingerprint density at radius 2 is 2.27 bits per heavy atom. The third-order valence-corrected chi connectivity index (χ3v) is 3.64. The molecule has 2 atom stereocenters. The molecule has 1 aliphatic heterocycles. The molecule has 0 aromatic heterocycles. The third-order valence-electron chi connectivity index (χ3n) is 3.14. The summed E-state index contributed by atoms with van der Waals surface area (Å²) in [5.41, 5.74) is 0.238. The van der Waals surface area contributed by atoms with E-state index in [0.717, 1.165) is 18.9 Å². The maximum atomic E-state index is 5.97. The molecule has 66 valence electrons. The molecular formula is C9H17ClO. The smallest absolute Gasteiger partial charge is 0.0617 e. The van der Waals surface area contributed by atoms with Crippen molar-refractivity contribution in [1.29, 1.82) is 0 Å². The lowest BCUT2D eigenvalue weighted by Crippen LogP contribution is -2.35. The molecule has 0 N–H and O–H groups in total.